The van der Waals surface area contributed by atoms with Gasteiger partial charge in [0.05, 0.1) is 11.7 Å². The molecule has 1 unspecified atom stereocenters. The molecule has 0 aromatic rings. The molecule has 1 aliphatic rings. The van der Waals surface area contributed by atoms with E-state index >= 15 is 0 Å². The summed E-state index contributed by atoms with van der Waals surface area (Å²) < 4.78 is 48.6. The Hall–Kier alpha value is -0.750. The van der Waals surface area contributed by atoms with Gasteiger partial charge in [0.15, 0.2) is 0 Å². The second-order valence-corrected chi connectivity index (χ2v) is 8.14. The SMILES string of the molecule is NS(=O)(=O)CCCNS(=O)(=O)N1CCCC(C(=O)O)C1. The molecule has 4 N–H and O–H groups in total. The Balaban J connectivity index is 2.49. The zero-order valence-corrected chi connectivity index (χ0v) is 12.5. The van der Waals surface area contributed by atoms with Crippen LogP contribution in [0.25, 0.3) is 0 Å². The van der Waals surface area contributed by atoms with Crippen molar-refractivity contribution in [1.82, 2.24) is 9.03 Å². The highest BCUT2D eigenvalue weighted by Gasteiger charge is 2.31. The van der Waals surface area contributed by atoms with E-state index in [4.69, 9.17) is 10.2 Å². The molecule has 0 saturated carbocycles. The van der Waals surface area contributed by atoms with Crippen LogP contribution in [0.2, 0.25) is 0 Å². The third-order valence-electron chi connectivity index (χ3n) is 2.96. The summed E-state index contributed by atoms with van der Waals surface area (Å²) in [5.41, 5.74) is 0. The van der Waals surface area contributed by atoms with Gasteiger partial charge < -0.3 is 5.11 Å². The second-order valence-electron chi connectivity index (χ2n) is 4.66. The van der Waals surface area contributed by atoms with Gasteiger partial charge in [-0.3, -0.25) is 4.79 Å². The summed E-state index contributed by atoms with van der Waals surface area (Å²) in [4.78, 5) is 10.9. The Morgan fingerprint density at radius 3 is 2.55 bits per heavy atom. The average molecular weight is 329 g/mol. The predicted octanol–water partition coefficient (Wildman–Crippen LogP) is -1.70. The van der Waals surface area contributed by atoms with E-state index in [1.165, 1.54) is 0 Å². The van der Waals surface area contributed by atoms with E-state index in [-0.39, 0.29) is 31.8 Å². The van der Waals surface area contributed by atoms with Gasteiger partial charge in [-0.25, -0.2) is 18.3 Å². The van der Waals surface area contributed by atoms with Crippen LogP contribution in [0.1, 0.15) is 19.3 Å². The minimum atomic E-state index is -3.78. The molecule has 1 saturated heterocycles. The molecular weight excluding hydrogens is 310 g/mol. The molecular formula is C9H19N3O6S2. The van der Waals surface area contributed by atoms with E-state index < -0.39 is 32.1 Å². The number of piperidine rings is 1. The molecule has 0 aromatic heterocycles. The molecule has 0 radical (unpaired) electrons. The molecule has 0 bridgehead atoms. The van der Waals surface area contributed by atoms with Gasteiger partial charge in [-0.2, -0.15) is 12.7 Å². The summed E-state index contributed by atoms with van der Waals surface area (Å²) in [5.74, 6) is -2.03. The summed E-state index contributed by atoms with van der Waals surface area (Å²) in [5, 5.41) is 13.7. The van der Waals surface area contributed by atoms with Crippen molar-refractivity contribution in [2.24, 2.45) is 11.1 Å². The minimum Gasteiger partial charge on any atom is -0.481 e. The number of primary sulfonamides is 1. The summed E-state index contributed by atoms with van der Waals surface area (Å²) >= 11 is 0. The van der Waals surface area contributed by atoms with E-state index in [2.05, 4.69) is 4.72 Å². The smallest absolute Gasteiger partial charge is 0.307 e. The fourth-order valence-electron chi connectivity index (χ4n) is 1.93. The van der Waals surface area contributed by atoms with Crippen LogP contribution in [0.3, 0.4) is 0 Å². The quantitative estimate of drug-likeness (QED) is 0.474. The number of hydrogen-bond donors (Lipinski definition) is 3. The molecule has 1 rings (SSSR count). The molecule has 0 aromatic carbocycles. The van der Waals surface area contributed by atoms with E-state index in [0.29, 0.717) is 12.8 Å². The first-order valence-corrected chi connectivity index (χ1v) is 9.25. The fourth-order valence-corrected chi connectivity index (χ4v) is 3.81. The zero-order chi connectivity index (χ0) is 15.4. The summed E-state index contributed by atoms with van der Waals surface area (Å²) in [6.07, 6.45) is 0.996. The van der Waals surface area contributed by atoms with Crippen LogP contribution in [0.4, 0.5) is 0 Å². The highest BCUT2D eigenvalue weighted by molar-refractivity contribution is 7.89. The Morgan fingerprint density at radius 1 is 1.35 bits per heavy atom. The number of aliphatic carboxylic acids is 1. The highest BCUT2D eigenvalue weighted by Crippen LogP contribution is 2.18. The number of carboxylic acid groups (broad SMARTS) is 1. The van der Waals surface area contributed by atoms with Gasteiger partial charge >= 0.3 is 5.97 Å². The maximum atomic E-state index is 11.9. The predicted molar refractivity (Wildman–Crippen MR) is 71.4 cm³/mol. The van der Waals surface area contributed by atoms with Crippen LogP contribution < -0.4 is 9.86 Å². The Morgan fingerprint density at radius 2 is 2.00 bits per heavy atom. The van der Waals surface area contributed by atoms with Crippen molar-refractivity contribution in [2.75, 3.05) is 25.4 Å². The molecule has 0 aliphatic carbocycles. The molecule has 0 spiro atoms. The number of hydrogen-bond acceptors (Lipinski definition) is 5. The van der Waals surface area contributed by atoms with Crippen molar-refractivity contribution in [3.63, 3.8) is 0 Å². The van der Waals surface area contributed by atoms with Crippen LogP contribution in [0.15, 0.2) is 0 Å². The molecule has 118 valence electrons. The van der Waals surface area contributed by atoms with Crippen molar-refractivity contribution >= 4 is 26.2 Å². The van der Waals surface area contributed by atoms with Gasteiger partial charge in [0.25, 0.3) is 10.2 Å². The lowest BCUT2D eigenvalue weighted by Crippen LogP contribution is -2.47. The molecule has 1 aliphatic heterocycles. The number of nitrogens with one attached hydrogen (secondary N) is 1. The van der Waals surface area contributed by atoms with E-state index in [9.17, 15) is 21.6 Å². The maximum absolute atomic E-state index is 11.9. The van der Waals surface area contributed by atoms with Crippen LogP contribution >= 0.6 is 0 Å². The van der Waals surface area contributed by atoms with E-state index in [1.807, 2.05) is 0 Å². The third-order valence-corrected chi connectivity index (χ3v) is 5.40. The Kier molecular flexibility index (Phi) is 5.89. The molecule has 11 heteroatoms. The lowest BCUT2D eigenvalue weighted by Gasteiger charge is -2.29. The van der Waals surface area contributed by atoms with Crippen LogP contribution in [0, 0.1) is 5.92 Å². The second kappa shape index (κ2) is 6.80. The topological polar surface area (TPSA) is 147 Å². The molecule has 9 nitrogen and oxygen atoms in total. The van der Waals surface area contributed by atoms with Gasteiger partial charge in [-0.1, -0.05) is 0 Å². The summed E-state index contributed by atoms with van der Waals surface area (Å²) in [6.45, 7) is 0.126. The molecule has 0 amide bonds. The monoisotopic (exact) mass is 329 g/mol. The van der Waals surface area contributed by atoms with Crippen molar-refractivity contribution in [3.8, 4) is 0 Å². The lowest BCUT2D eigenvalue weighted by atomic mass is 10.0. The van der Waals surface area contributed by atoms with Crippen molar-refractivity contribution in [2.45, 2.75) is 19.3 Å². The number of carboxylic acids is 1. The van der Waals surface area contributed by atoms with Crippen LogP contribution in [-0.4, -0.2) is 57.6 Å². The van der Waals surface area contributed by atoms with Gasteiger partial charge in [-0.15, -0.1) is 0 Å². The third kappa shape index (κ3) is 5.71. The maximum Gasteiger partial charge on any atom is 0.307 e. The Bertz CT molecular complexity index is 544. The molecule has 1 fully saturated rings. The number of nitrogens with zero attached hydrogens (tertiary/aromatic N) is 1. The first-order valence-electron chi connectivity index (χ1n) is 6.10. The fraction of sp³-hybridized carbons (Fsp3) is 0.889. The standard InChI is InChI=1S/C9H19N3O6S2/c10-19(15,16)6-2-4-11-20(17,18)12-5-1-3-8(7-12)9(13)14/h8,11H,1-7H2,(H,13,14)(H2,10,15,16). The zero-order valence-electron chi connectivity index (χ0n) is 10.9. The Labute approximate surface area is 118 Å². The first-order chi connectivity index (χ1) is 9.12. The van der Waals surface area contributed by atoms with Crippen LogP contribution in [0.5, 0.6) is 0 Å². The van der Waals surface area contributed by atoms with Gasteiger partial charge in [0.1, 0.15) is 0 Å². The average Bonchev–Trinajstić information content (AvgIpc) is 2.34. The minimum absolute atomic E-state index is 0.0625. The summed E-state index contributed by atoms with van der Waals surface area (Å²) in [7, 11) is -7.40. The molecule has 1 heterocycles. The number of carbonyl (C=O) groups is 1. The van der Waals surface area contributed by atoms with Crippen molar-refractivity contribution < 1.29 is 26.7 Å². The number of nitrogens with two attached hydrogens (primary N) is 1. The van der Waals surface area contributed by atoms with E-state index in [1.54, 1.807) is 0 Å². The summed E-state index contributed by atoms with van der Waals surface area (Å²) in [6, 6.07) is 0. The number of rotatable bonds is 7. The molecule has 20 heavy (non-hydrogen) atoms. The van der Waals surface area contributed by atoms with E-state index in [0.717, 1.165) is 4.31 Å². The largest absolute Gasteiger partial charge is 0.481 e. The normalized spacial score (nSPS) is 21.8. The first kappa shape index (κ1) is 17.3. The highest BCUT2D eigenvalue weighted by atomic mass is 32.2. The lowest BCUT2D eigenvalue weighted by molar-refractivity contribution is -0.142. The van der Waals surface area contributed by atoms with Gasteiger partial charge in [0, 0.05) is 19.6 Å². The van der Waals surface area contributed by atoms with Crippen molar-refractivity contribution in [3.05, 3.63) is 0 Å². The van der Waals surface area contributed by atoms with Crippen molar-refractivity contribution in [1.29, 1.82) is 0 Å². The molecule has 1 atom stereocenters. The van der Waals surface area contributed by atoms with Crippen LogP contribution in [-0.2, 0) is 25.0 Å². The van der Waals surface area contributed by atoms with Gasteiger partial charge in [-0.05, 0) is 19.3 Å². The number of sulfonamides is 1. The van der Waals surface area contributed by atoms with Gasteiger partial charge in [0.2, 0.25) is 10.0 Å².